The Labute approximate surface area is 104 Å². The van der Waals surface area contributed by atoms with Crippen LogP contribution in [0.5, 0.6) is 0 Å². The summed E-state index contributed by atoms with van der Waals surface area (Å²) in [5, 5.41) is 3.48. The Hall–Kier alpha value is -0.160. The van der Waals surface area contributed by atoms with Crippen molar-refractivity contribution in [2.45, 2.75) is 31.8 Å². The summed E-state index contributed by atoms with van der Waals surface area (Å²) in [6.07, 6.45) is 5.21. The highest BCUT2D eigenvalue weighted by molar-refractivity contribution is 4.88. The Morgan fingerprint density at radius 3 is 3.00 bits per heavy atom. The molecule has 2 fully saturated rings. The fourth-order valence-electron chi connectivity index (χ4n) is 2.84. The molecule has 17 heavy (non-hydrogen) atoms. The van der Waals surface area contributed by atoms with E-state index in [0.29, 0.717) is 11.5 Å². The van der Waals surface area contributed by atoms with Gasteiger partial charge in [-0.2, -0.15) is 0 Å². The largest absolute Gasteiger partial charge is 0.383 e. The molecule has 0 aromatic heterocycles. The van der Waals surface area contributed by atoms with E-state index in [2.05, 4.69) is 5.32 Å². The maximum atomic E-state index is 5.76. The van der Waals surface area contributed by atoms with E-state index in [9.17, 15) is 0 Å². The normalized spacial score (nSPS) is 33.4. The highest BCUT2D eigenvalue weighted by Crippen LogP contribution is 2.36. The van der Waals surface area contributed by atoms with Gasteiger partial charge in [0.15, 0.2) is 0 Å². The van der Waals surface area contributed by atoms with Crippen molar-refractivity contribution in [3.63, 3.8) is 0 Å². The standard InChI is InChI=1S/C13H25NO3/c1-15-8-5-14-10-13(4-7-16-11-13)9-12-3-2-6-17-12/h12,14H,2-11H2,1H3. The van der Waals surface area contributed by atoms with E-state index in [-0.39, 0.29) is 0 Å². The Balaban J connectivity index is 1.76. The van der Waals surface area contributed by atoms with E-state index in [4.69, 9.17) is 14.2 Å². The Kier molecular flexibility index (Phi) is 5.22. The highest BCUT2D eigenvalue weighted by Gasteiger charge is 2.37. The zero-order valence-electron chi connectivity index (χ0n) is 10.9. The first-order valence-corrected chi connectivity index (χ1v) is 6.74. The molecule has 2 rings (SSSR count). The molecule has 0 aromatic carbocycles. The van der Waals surface area contributed by atoms with Crippen LogP contribution in [0.4, 0.5) is 0 Å². The number of rotatable bonds is 7. The van der Waals surface area contributed by atoms with Gasteiger partial charge in [0.1, 0.15) is 0 Å². The molecule has 0 amide bonds. The number of hydrogen-bond donors (Lipinski definition) is 1. The zero-order chi connectivity index (χ0) is 12.0. The second kappa shape index (κ2) is 6.69. The molecule has 2 unspecified atom stereocenters. The summed E-state index contributed by atoms with van der Waals surface area (Å²) in [6, 6.07) is 0. The molecule has 0 aromatic rings. The van der Waals surface area contributed by atoms with Gasteiger partial charge in [-0.3, -0.25) is 0 Å². The van der Waals surface area contributed by atoms with Gasteiger partial charge in [0.2, 0.25) is 0 Å². The Bertz CT molecular complexity index is 211. The van der Waals surface area contributed by atoms with Crippen LogP contribution in [0.25, 0.3) is 0 Å². The van der Waals surface area contributed by atoms with Gasteiger partial charge in [-0.05, 0) is 25.7 Å². The van der Waals surface area contributed by atoms with Gasteiger partial charge in [-0.1, -0.05) is 0 Å². The molecule has 100 valence electrons. The molecule has 4 heteroatoms. The quantitative estimate of drug-likeness (QED) is 0.682. The van der Waals surface area contributed by atoms with Gasteiger partial charge in [-0.15, -0.1) is 0 Å². The summed E-state index contributed by atoms with van der Waals surface area (Å²) in [5.41, 5.74) is 0.294. The molecule has 2 saturated heterocycles. The van der Waals surface area contributed by atoms with E-state index in [1.165, 1.54) is 12.8 Å². The number of methoxy groups -OCH3 is 1. The van der Waals surface area contributed by atoms with Crippen molar-refractivity contribution in [3.05, 3.63) is 0 Å². The van der Waals surface area contributed by atoms with Crippen LogP contribution in [0.1, 0.15) is 25.7 Å². The fourth-order valence-corrected chi connectivity index (χ4v) is 2.84. The van der Waals surface area contributed by atoms with Crippen LogP contribution in [0.2, 0.25) is 0 Å². The van der Waals surface area contributed by atoms with Gasteiger partial charge in [-0.25, -0.2) is 0 Å². The molecule has 4 nitrogen and oxygen atoms in total. The predicted octanol–water partition coefficient (Wildman–Crippen LogP) is 1.20. The summed E-state index contributed by atoms with van der Waals surface area (Å²) >= 11 is 0. The maximum absolute atomic E-state index is 5.76. The molecule has 0 bridgehead atoms. The first-order valence-electron chi connectivity index (χ1n) is 6.74. The van der Waals surface area contributed by atoms with E-state index < -0.39 is 0 Å². The average molecular weight is 243 g/mol. The molecule has 2 aliphatic rings. The van der Waals surface area contributed by atoms with Gasteiger partial charge < -0.3 is 19.5 Å². The molecule has 0 radical (unpaired) electrons. The minimum Gasteiger partial charge on any atom is -0.383 e. The second-order valence-electron chi connectivity index (χ2n) is 5.31. The van der Waals surface area contributed by atoms with E-state index >= 15 is 0 Å². The van der Waals surface area contributed by atoms with Gasteiger partial charge >= 0.3 is 0 Å². The van der Waals surface area contributed by atoms with Crippen molar-refractivity contribution in [1.29, 1.82) is 0 Å². The van der Waals surface area contributed by atoms with Gasteiger partial charge in [0.05, 0.1) is 19.3 Å². The molecular formula is C13H25NO3. The molecule has 2 atom stereocenters. The molecule has 2 heterocycles. The van der Waals surface area contributed by atoms with Gasteiger partial charge in [0.25, 0.3) is 0 Å². The molecular weight excluding hydrogens is 218 g/mol. The Morgan fingerprint density at radius 2 is 2.35 bits per heavy atom. The minimum atomic E-state index is 0.294. The number of hydrogen-bond acceptors (Lipinski definition) is 4. The first-order chi connectivity index (χ1) is 8.35. The molecule has 1 N–H and O–H groups in total. The van der Waals surface area contributed by atoms with Crippen LogP contribution in [0.15, 0.2) is 0 Å². The number of nitrogens with one attached hydrogen (secondary N) is 1. The van der Waals surface area contributed by atoms with Crippen molar-refractivity contribution in [3.8, 4) is 0 Å². The van der Waals surface area contributed by atoms with E-state index in [1.807, 2.05) is 0 Å². The third kappa shape index (κ3) is 3.91. The van der Waals surface area contributed by atoms with Crippen LogP contribution in [0, 0.1) is 5.41 Å². The smallest absolute Gasteiger partial charge is 0.0587 e. The number of ether oxygens (including phenoxy) is 3. The summed E-state index contributed by atoms with van der Waals surface area (Å²) in [6.45, 7) is 5.45. The topological polar surface area (TPSA) is 39.7 Å². The molecule has 0 aliphatic carbocycles. The minimum absolute atomic E-state index is 0.294. The summed E-state index contributed by atoms with van der Waals surface area (Å²) in [5.74, 6) is 0. The zero-order valence-corrected chi connectivity index (χ0v) is 10.9. The summed E-state index contributed by atoms with van der Waals surface area (Å²) in [7, 11) is 1.74. The van der Waals surface area contributed by atoms with Crippen LogP contribution in [0.3, 0.4) is 0 Å². The van der Waals surface area contributed by atoms with E-state index in [1.54, 1.807) is 7.11 Å². The maximum Gasteiger partial charge on any atom is 0.0587 e. The molecule has 0 spiro atoms. The van der Waals surface area contributed by atoms with Crippen LogP contribution >= 0.6 is 0 Å². The predicted molar refractivity (Wildman–Crippen MR) is 66.2 cm³/mol. The van der Waals surface area contributed by atoms with E-state index in [0.717, 1.165) is 52.4 Å². The molecule has 2 aliphatic heterocycles. The highest BCUT2D eigenvalue weighted by atomic mass is 16.5. The van der Waals surface area contributed by atoms with Crippen molar-refractivity contribution in [2.24, 2.45) is 5.41 Å². The van der Waals surface area contributed by atoms with Crippen molar-refractivity contribution >= 4 is 0 Å². The summed E-state index contributed by atoms with van der Waals surface area (Å²) < 4.78 is 16.4. The second-order valence-corrected chi connectivity index (χ2v) is 5.31. The average Bonchev–Trinajstić information content (AvgIpc) is 2.98. The lowest BCUT2D eigenvalue weighted by Gasteiger charge is -2.30. The van der Waals surface area contributed by atoms with Gasteiger partial charge in [0, 0.05) is 38.8 Å². The van der Waals surface area contributed by atoms with Crippen molar-refractivity contribution < 1.29 is 14.2 Å². The lowest BCUT2D eigenvalue weighted by atomic mass is 9.81. The van der Waals surface area contributed by atoms with Crippen LogP contribution in [-0.4, -0.2) is 52.7 Å². The third-order valence-electron chi connectivity index (χ3n) is 3.85. The fraction of sp³-hybridized carbons (Fsp3) is 1.00. The SMILES string of the molecule is COCCNCC1(CC2CCCO2)CCOC1. The monoisotopic (exact) mass is 243 g/mol. The Morgan fingerprint density at radius 1 is 1.41 bits per heavy atom. The van der Waals surface area contributed by atoms with Crippen molar-refractivity contribution in [2.75, 3.05) is 46.6 Å². The summed E-state index contributed by atoms with van der Waals surface area (Å²) in [4.78, 5) is 0. The lowest BCUT2D eigenvalue weighted by Crippen LogP contribution is -2.38. The molecule has 0 saturated carbocycles. The first kappa shape index (κ1) is 13.3. The van der Waals surface area contributed by atoms with Crippen LogP contribution < -0.4 is 5.32 Å². The lowest BCUT2D eigenvalue weighted by molar-refractivity contribution is 0.0513. The van der Waals surface area contributed by atoms with Crippen molar-refractivity contribution in [1.82, 2.24) is 5.32 Å². The van der Waals surface area contributed by atoms with Crippen LogP contribution in [-0.2, 0) is 14.2 Å². The third-order valence-corrected chi connectivity index (χ3v) is 3.85.